The standard InChI is InChI=1S/C14H21NO2S/c1-4-11-5-6-13(18-11)12(16)9-15-7-8-17-10-14(15,2)3/h5-6H,4,7-10H2,1-3H3. The van der Waals surface area contributed by atoms with E-state index in [1.807, 2.05) is 6.07 Å². The second-order valence-electron chi connectivity index (χ2n) is 5.33. The van der Waals surface area contributed by atoms with Gasteiger partial charge in [0.1, 0.15) is 0 Å². The number of ether oxygens (including phenoxy) is 1. The van der Waals surface area contributed by atoms with Gasteiger partial charge < -0.3 is 4.74 Å². The van der Waals surface area contributed by atoms with Crippen LogP contribution in [0.15, 0.2) is 12.1 Å². The van der Waals surface area contributed by atoms with Crippen LogP contribution in [0.4, 0.5) is 0 Å². The maximum atomic E-state index is 12.3. The Balaban J connectivity index is 2.02. The largest absolute Gasteiger partial charge is 0.378 e. The van der Waals surface area contributed by atoms with Crippen molar-refractivity contribution in [3.63, 3.8) is 0 Å². The van der Waals surface area contributed by atoms with E-state index in [4.69, 9.17) is 4.74 Å². The molecule has 0 aliphatic carbocycles. The molecule has 0 radical (unpaired) electrons. The first-order valence-corrected chi connectivity index (χ1v) is 7.29. The molecule has 2 rings (SSSR count). The molecule has 0 N–H and O–H groups in total. The molecule has 0 bridgehead atoms. The highest BCUT2D eigenvalue weighted by atomic mass is 32.1. The first-order chi connectivity index (χ1) is 8.53. The van der Waals surface area contributed by atoms with Gasteiger partial charge in [-0.25, -0.2) is 0 Å². The molecule has 0 amide bonds. The molecule has 1 aromatic rings. The predicted molar refractivity (Wildman–Crippen MR) is 74.5 cm³/mol. The maximum Gasteiger partial charge on any atom is 0.186 e. The molecule has 3 nitrogen and oxygen atoms in total. The number of Topliss-reactive ketones (excluding diaryl/α,β-unsaturated/α-hetero) is 1. The van der Waals surface area contributed by atoms with Gasteiger partial charge in [0.05, 0.1) is 24.6 Å². The highest BCUT2D eigenvalue weighted by Gasteiger charge is 2.32. The van der Waals surface area contributed by atoms with Crippen molar-refractivity contribution >= 4 is 17.1 Å². The fourth-order valence-electron chi connectivity index (χ4n) is 2.15. The number of hydrogen-bond donors (Lipinski definition) is 0. The van der Waals surface area contributed by atoms with Crippen LogP contribution in [0.3, 0.4) is 0 Å². The lowest BCUT2D eigenvalue weighted by Crippen LogP contribution is -2.54. The minimum Gasteiger partial charge on any atom is -0.378 e. The molecule has 0 aromatic carbocycles. The van der Waals surface area contributed by atoms with Gasteiger partial charge in [-0.05, 0) is 32.4 Å². The summed E-state index contributed by atoms with van der Waals surface area (Å²) in [7, 11) is 0. The van der Waals surface area contributed by atoms with Crippen LogP contribution in [0, 0.1) is 0 Å². The van der Waals surface area contributed by atoms with Crippen LogP contribution in [0.1, 0.15) is 35.3 Å². The molecule has 0 spiro atoms. The van der Waals surface area contributed by atoms with Gasteiger partial charge in [-0.2, -0.15) is 0 Å². The molecule has 1 aromatic heterocycles. The third-order valence-corrected chi connectivity index (χ3v) is 4.71. The summed E-state index contributed by atoms with van der Waals surface area (Å²) in [4.78, 5) is 16.6. The summed E-state index contributed by atoms with van der Waals surface area (Å²) < 4.78 is 5.47. The molecular formula is C14H21NO2S. The van der Waals surface area contributed by atoms with Gasteiger partial charge in [-0.3, -0.25) is 9.69 Å². The summed E-state index contributed by atoms with van der Waals surface area (Å²) >= 11 is 1.62. The van der Waals surface area contributed by atoms with Gasteiger partial charge in [-0.15, -0.1) is 11.3 Å². The van der Waals surface area contributed by atoms with Crippen LogP contribution in [-0.2, 0) is 11.2 Å². The van der Waals surface area contributed by atoms with Gasteiger partial charge >= 0.3 is 0 Å². The molecule has 18 heavy (non-hydrogen) atoms. The number of rotatable bonds is 4. The van der Waals surface area contributed by atoms with E-state index in [-0.39, 0.29) is 11.3 Å². The van der Waals surface area contributed by atoms with Crippen molar-refractivity contribution in [2.45, 2.75) is 32.7 Å². The Morgan fingerprint density at radius 1 is 1.50 bits per heavy atom. The summed E-state index contributed by atoms with van der Waals surface area (Å²) in [6, 6.07) is 4.02. The molecule has 0 atom stereocenters. The van der Waals surface area contributed by atoms with Gasteiger partial charge in [0, 0.05) is 17.0 Å². The summed E-state index contributed by atoms with van der Waals surface area (Å²) in [6.45, 7) is 9.14. The Morgan fingerprint density at radius 2 is 2.28 bits per heavy atom. The second kappa shape index (κ2) is 5.51. The molecular weight excluding hydrogens is 246 g/mol. The molecule has 1 aliphatic heterocycles. The molecule has 0 saturated carbocycles. The molecule has 1 fully saturated rings. The quantitative estimate of drug-likeness (QED) is 0.785. The Labute approximate surface area is 113 Å². The van der Waals surface area contributed by atoms with Crippen LogP contribution < -0.4 is 0 Å². The van der Waals surface area contributed by atoms with Crippen LogP contribution in [0.2, 0.25) is 0 Å². The van der Waals surface area contributed by atoms with Crippen LogP contribution in [-0.4, -0.2) is 42.5 Å². The SMILES string of the molecule is CCc1ccc(C(=O)CN2CCOCC2(C)C)s1. The Kier molecular flexibility index (Phi) is 4.20. The van der Waals surface area contributed by atoms with E-state index in [0.29, 0.717) is 13.2 Å². The van der Waals surface area contributed by atoms with E-state index in [1.165, 1.54) is 4.88 Å². The lowest BCUT2D eigenvalue weighted by molar-refractivity contribution is -0.0466. The van der Waals surface area contributed by atoms with Crippen molar-refractivity contribution in [1.82, 2.24) is 4.90 Å². The number of thiophene rings is 1. The van der Waals surface area contributed by atoms with Crippen molar-refractivity contribution in [2.75, 3.05) is 26.3 Å². The average molecular weight is 267 g/mol. The fraction of sp³-hybridized carbons (Fsp3) is 0.643. The van der Waals surface area contributed by atoms with E-state index in [1.54, 1.807) is 11.3 Å². The molecule has 2 heterocycles. The van der Waals surface area contributed by atoms with Crippen LogP contribution >= 0.6 is 11.3 Å². The first-order valence-electron chi connectivity index (χ1n) is 6.47. The smallest absolute Gasteiger partial charge is 0.186 e. The van der Waals surface area contributed by atoms with E-state index in [9.17, 15) is 4.79 Å². The highest BCUT2D eigenvalue weighted by molar-refractivity contribution is 7.14. The van der Waals surface area contributed by atoms with E-state index >= 15 is 0 Å². The minimum atomic E-state index is -0.0429. The van der Waals surface area contributed by atoms with E-state index < -0.39 is 0 Å². The fourth-order valence-corrected chi connectivity index (χ4v) is 3.03. The highest BCUT2D eigenvalue weighted by Crippen LogP contribution is 2.22. The van der Waals surface area contributed by atoms with E-state index in [2.05, 4.69) is 31.7 Å². The number of aryl methyl sites for hydroxylation is 1. The van der Waals surface area contributed by atoms with Crippen molar-refractivity contribution in [3.05, 3.63) is 21.9 Å². The molecule has 0 unspecified atom stereocenters. The third-order valence-electron chi connectivity index (χ3n) is 3.44. The molecule has 4 heteroatoms. The molecule has 1 aliphatic rings. The zero-order valence-corrected chi connectivity index (χ0v) is 12.2. The lowest BCUT2D eigenvalue weighted by Gasteiger charge is -2.41. The predicted octanol–water partition coefficient (Wildman–Crippen LogP) is 2.60. The van der Waals surface area contributed by atoms with Gasteiger partial charge in [-0.1, -0.05) is 6.92 Å². The number of nitrogens with zero attached hydrogens (tertiary/aromatic N) is 1. The summed E-state index contributed by atoms with van der Waals surface area (Å²) in [6.07, 6.45) is 1.00. The number of carbonyl (C=O) groups is 1. The lowest BCUT2D eigenvalue weighted by atomic mass is 10.0. The Hall–Kier alpha value is -0.710. The monoisotopic (exact) mass is 267 g/mol. The van der Waals surface area contributed by atoms with Crippen molar-refractivity contribution < 1.29 is 9.53 Å². The zero-order valence-electron chi connectivity index (χ0n) is 11.4. The Bertz CT molecular complexity index is 425. The summed E-state index contributed by atoms with van der Waals surface area (Å²) in [5, 5.41) is 0. The van der Waals surface area contributed by atoms with Crippen molar-refractivity contribution in [2.24, 2.45) is 0 Å². The molecule has 1 saturated heterocycles. The summed E-state index contributed by atoms with van der Waals surface area (Å²) in [5.74, 6) is 0.231. The van der Waals surface area contributed by atoms with Gasteiger partial charge in [0.15, 0.2) is 5.78 Å². The van der Waals surface area contributed by atoms with Crippen LogP contribution in [0.25, 0.3) is 0 Å². The van der Waals surface area contributed by atoms with Crippen molar-refractivity contribution in [3.8, 4) is 0 Å². The van der Waals surface area contributed by atoms with Gasteiger partial charge in [0.2, 0.25) is 0 Å². The topological polar surface area (TPSA) is 29.5 Å². The second-order valence-corrected chi connectivity index (χ2v) is 6.50. The molecule has 100 valence electrons. The number of hydrogen-bond acceptors (Lipinski definition) is 4. The zero-order chi connectivity index (χ0) is 13.2. The summed E-state index contributed by atoms with van der Waals surface area (Å²) in [5.41, 5.74) is -0.0429. The number of ketones is 1. The number of carbonyl (C=O) groups excluding carboxylic acids is 1. The minimum absolute atomic E-state index is 0.0429. The van der Waals surface area contributed by atoms with Crippen LogP contribution in [0.5, 0.6) is 0 Å². The average Bonchev–Trinajstić information content (AvgIpc) is 2.80. The van der Waals surface area contributed by atoms with E-state index in [0.717, 1.165) is 24.4 Å². The third kappa shape index (κ3) is 2.99. The number of morpholine rings is 1. The van der Waals surface area contributed by atoms with Crippen molar-refractivity contribution in [1.29, 1.82) is 0 Å². The normalized spacial score (nSPS) is 19.9. The first kappa shape index (κ1) is 13.7. The Morgan fingerprint density at radius 3 is 2.89 bits per heavy atom. The maximum absolute atomic E-state index is 12.3. The van der Waals surface area contributed by atoms with Gasteiger partial charge in [0.25, 0.3) is 0 Å².